The molecular weight excluding hydrogens is 452 g/mol. The molecule has 1 atom stereocenters. The minimum Gasteiger partial charge on any atom is -0.480 e. The van der Waals surface area contributed by atoms with Crippen LogP contribution < -0.4 is 0 Å². The molecule has 0 unspecified atom stereocenters. The number of benzene rings is 2. The second-order valence-corrected chi connectivity index (χ2v) is 8.21. The van der Waals surface area contributed by atoms with Gasteiger partial charge in [0.2, 0.25) is 11.7 Å². The third kappa shape index (κ3) is 7.42. The van der Waals surface area contributed by atoms with E-state index in [-0.39, 0.29) is 18.4 Å². The number of aromatic amines is 1. The fraction of sp³-hybridized carbons (Fsp3) is 0.375. The lowest BCUT2D eigenvalue weighted by Gasteiger charge is -2.32. The molecule has 0 saturated carbocycles. The van der Waals surface area contributed by atoms with Crippen molar-refractivity contribution in [3.05, 3.63) is 59.0 Å². The van der Waals surface area contributed by atoms with Crippen LogP contribution in [0.2, 0.25) is 0 Å². The summed E-state index contributed by atoms with van der Waals surface area (Å²) in [6, 6.07) is 14.7. The first-order valence-corrected chi connectivity index (χ1v) is 11.2. The van der Waals surface area contributed by atoms with E-state index in [2.05, 4.69) is 20.6 Å². The lowest BCUT2D eigenvalue weighted by Crippen LogP contribution is -2.47. The molecule has 0 radical (unpaired) electrons. The molecule has 2 aromatic carbocycles. The summed E-state index contributed by atoms with van der Waals surface area (Å²) in [5.74, 6) is -0.784. The summed E-state index contributed by atoms with van der Waals surface area (Å²) in [6.45, 7) is 5.93. The smallest absolute Gasteiger partial charge is 0.326 e. The average molecular weight is 483 g/mol. The molecule has 35 heavy (non-hydrogen) atoms. The van der Waals surface area contributed by atoms with Crippen molar-refractivity contribution in [2.45, 2.75) is 52.6 Å². The van der Waals surface area contributed by atoms with Crippen molar-refractivity contribution in [1.29, 1.82) is 0 Å². The first-order valence-electron chi connectivity index (χ1n) is 11.2. The summed E-state index contributed by atoms with van der Waals surface area (Å²) in [4.78, 5) is 34.4. The van der Waals surface area contributed by atoms with Gasteiger partial charge in [-0.05, 0) is 34.2 Å². The standard InChI is InChI=1S/C24H29N5O3.HNO2/c1-4-5-10-21(30)29(22(16(2)3)24(31)32)15-17-11-13-18(14-12-17)19-8-6-7-9-20(19)23-25-27-28-26-23;2-1-3/h6-9,11-14,16,22H,4-5,10,15H2,1-3H3,(H,31,32)(H,25,26,27,28);(H,2,3)/t22-;/m0./s1. The molecule has 0 aliphatic carbocycles. The molecule has 0 spiro atoms. The number of amides is 1. The molecule has 1 heterocycles. The van der Waals surface area contributed by atoms with Crippen molar-refractivity contribution >= 4 is 11.9 Å². The summed E-state index contributed by atoms with van der Waals surface area (Å²) in [5.41, 5.74) is 3.66. The molecule has 1 amide bonds. The Morgan fingerprint density at radius 2 is 1.71 bits per heavy atom. The van der Waals surface area contributed by atoms with Gasteiger partial charge in [-0.15, -0.1) is 15.1 Å². The fourth-order valence-corrected chi connectivity index (χ4v) is 3.78. The van der Waals surface area contributed by atoms with Gasteiger partial charge in [0.1, 0.15) is 6.04 Å². The summed E-state index contributed by atoms with van der Waals surface area (Å²) in [7, 11) is 0. The van der Waals surface area contributed by atoms with E-state index in [1.807, 2.05) is 69.3 Å². The van der Waals surface area contributed by atoms with Gasteiger partial charge in [-0.25, -0.2) is 4.79 Å². The average Bonchev–Trinajstić information content (AvgIpc) is 3.37. The van der Waals surface area contributed by atoms with Crippen LogP contribution in [0.4, 0.5) is 0 Å². The van der Waals surface area contributed by atoms with Crippen molar-refractivity contribution in [2.75, 3.05) is 0 Å². The largest absolute Gasteiger partial charge is 0.480 e. The van der Waals surface area contributed by atoms with E-state index < -0.39 is 12.0 Å². The van der Waals surface area contributed by atoms with Gasteiger partial charge >= 0.3 is 5.97 Å². The number of tetrazole rings is 1. The number of aromatic nitrogens is 4. The first kappa shape index (κ1) is 27.1. The van der Waals surface area contributed by atoms with Crippen molar-refractivity contribution < 1.29 is 19.9 Å². The second-order valence-electron chi connectivity index (χ2n) is 8.21. The zero-order valence-corrected chi connectivity index (χ0v) is 20.0. The Balaban J connectivity index is 0.00000137. The zero-order valence-electron chi connectivity index (χ0n) is 20.0. The van der Waals surface area contributed by atoms with E-state index in [0.29, 0.717) is 12.2 Å². The van der Waals surface area contributed by atoms with Crippen molar-refractivity contribution in [3.63, 3.8) is 0 Å². The van der Waals surface area contributed by atoms with E-state index >= 15 is 0 Å². The van der Waals surface area contributed by atoms with E-state index in [1.54, 1.807) is 0 Å². The maximum Gasteiger partial charge on any atom is 0.326 e. The van der Waals surface area contributed by atoms with Crippen LogP contribution in [0.5, 0.6) is 0 Å². The number of hydrogen-bond acceptors (Lipinski definition) is 7. The molecule has 186 valence electrons. The predicted octanol–water partition coefficient (Wildman–Crippen LogP) is 4.30. The molecule has 0 bridgehead atoms. The SMILES string of the molecule is CCCCC(=O)N(Cc1ccc(-c2ccccc2-c2nn[nH]n2)cc1)[C@H](C(=O)O)C(C)C.O=NO. The summed E-state index contributed by atoms with van der Waals surface area (Å²) < 4.78 is 0. The van der Waals surface area contributed by atoms with Crippen LogP contribution >= 0.6 is 0 Å². The molecule has 0 fully saturated rings. The minimum atomic E-state index is -0.976. The van der Waals surface area contributed by atoms with E-state index in [0.717, 1.165) is 35.1 Å². The van der Waals surface area contributed by atoms with Gasteiger partial charge in [-0.2, -0.15) is 5.21 Å². The minimum absolute atomic E-state index is 0.125. The van der Waals surface area contributed by atoms with Crippen LogP contribution in [0.3, 0.4) is 0 Å². The normalized spacial score (nSPS) is 11.3. The number of H-pyrrole nitrogens is 1. The molecule has 1 aromatic heterocycles. The van der Waals surface area contributed by atoms with Crippen LogP contribution in [0.1, 0.15) is 45.6 Å². The lowest BCUT2D eigenvalue weighted by atomic mass is 9.97. The third-order valence-corrected chi connectivity index (χ3v) is 5.42. The van der Waals surface area contributed by atoms with Crippen LogP contribution in [-0.2, 0) is 16.1 Å². The van der Waals surface area contributed by atoms with Crippen LogP contribution in [0.25, 0.3) is 22.5 Å². The van der Waals surface area contributed by atoms with E-state index in [1.165, 1.54) is 10.2 Å². The predicted molar refractivity (Wildman–Crippen MR) is 129 cm³/mol. The Morgan fingerprint density at radius 1 is 1.09 bits per heavy atom. The van der Waals surface area contributed by atoms with Gasteiger partial charge in [-0.1, -0.05) is 75.7 Å². The van der Waals surface area contributed by atoms with Gasteiger partial charge < -0.3 is 15.2 Å². The quantitative estimate of drug-likeness (QED) is 0.284. The highest BCUT2D eigenvalue weighted by Gasteiger charge is 2.32. The van der Waals surface area contributed by atoms with E-state index in [4.69, 9.17) is 10.1 Å². The number of aliphatic carboxylic acids is 1. The zero-order chi connectivity index (χ0) is 25.8. The Hall–Kier alpha value is -4.15. The highest BCUT2D eigenvalue weighted by Crippen LogP contribution is 2.30. The molecule has 11 nitrogen and oxygen atoms in total. The molecule has 0 aliphatic rings. The number of nitrogens with zero attached hydrogens (tertiary/aromatic N) is 5. The van der Waals surface area contributed by atoms with Crippen LogP contribution in [-0.4, -0.2) is 53.8 Å². The van der Waals surface area contributed by atoms with Crippen LogP contribution in [0, 0.1) is 10.8 Å². The van der Waals surface area contributed by atoms with Crippen LogP contribution in [0.15, 0.2) is 53.9 Å². The van der Waals surface area contributed by atoms with E-state index in [9.17, 15) is 14.7 Å². The number of carboxylic acid groups (broad SMARTS) is 1. The van der Waals surface area contributed by atoms with Crippen molar-refractivity contribution in [1.82, 2.24) is 25.5 Å². The van der Waals surface area contributed by atoms with Gasteiger partial charge in [0.05, 0.1) is 0 Å². The second kappa shape index (κ2) is 13.5. The maximum absolute atomic E-state index is 12.9. The molecule has 11 heteroatoms. The number of carboxylic acids is 1. The Labute approximate surface area is 203 Å². The first-order chi connectivity index (χ1) is 16.8. The number of carbonyl (C=O) groups excluding carboxylic acids is 1. The number of carbonyl (C=O) groups is 2. The molecule has 0 saturated heterocycles. The number of hydrogen-bond donors (Lipinski definition) is 3. The van der Waals surface area contributed by atoms with Gasteiger partial charge in [0, 0.05) is 18.5 Å². The molecule has 3 rings (SSSR count). The maximum atomic E-state index is 12.9. The molecule has 3 aromatic rings. The highest BCUT2D eigenvalue weighted by molar-refractivity contribution is 5.84. The van der Waals surface area contributed by atoms with Gasteiger partial charge in [-0.3, -0.25) is 4.79 Å². The summed E-state index contributed by atoms with van der Waals surface area (Å²) >= 11 is 0. The Bertz CT molecular complexity index is 1090. The third-order valence-electron chi connectivity index (χ3n) is 5.42. The summed E-state index contributed by atoms with van der Waals surface area (Å²) in [6.07, 6.45) is 1.97. The number of unbranched alkanes of at least 4 members (excludes halogenated alkanes) is 1. The Morgan fingerprint density at radius 3 is 2.23 bits per heavy atom. The number of nitrogens with one attached hydrogen (secondary N) is 1. The molecular formula is C24H30N6O5. The lowest BCUT2D eigenvalue weighted by molar-refractivity contribution is -0.153. The van der Waals surface area contributed by atoms with Gasteiger partial charge in [0.15, 0.2) is 5.34 Å². The topological polar surface area (TPSA) is 162 Å². The number of rotatable bonds is 10. The monoisotopic (exact) mass is 482 g/mol. The molecule has 0 aliphatic heterocycles. The molecule has 3 N–H and O–H groups in total. The van der Waals surface area contributed by atoms with Gasteiger partial charge in [0.25, 0.3) is 0 Å². The highest BCUT2D eigenvalue weighted by atomic mass is 16.6. The fourth-order valence-electron chi connectivity index (χ4n) is 3.78. The van der Waals surface area contributed by atoms with Crippen molar-refractivity contribution in [2.24, 2.45) is 11.3 Å². The summed E-state index contributed by atoms with van der Waals surface area (Å²) in [5, 5.41) is 31.9. The Kier molecular flexibility index (Phi) is 10.5. The van der Waals surface area contributed by atoms with Crippen molar-refractivity contribution in [3.8, 4) is 22.5 Å².